The topological polar surface area (TPSA) is 52.6 Å². The molecule has 0 spiro atoms. The lowest BCUT2D eigenvalue weighted by atomic mass is 10.3. The molecule has 21 heavy (non-hydrogen) atoms. The normalized spacial score (nSPS) is 11.3. The molecule has 6 heteroatoms. The zero-order valence-electron chi connectivity index (χ0n) is 11.1. The van der Waals surface area contributed by atoms with Crippen LogP contribution in [-0.4, -0.2) is 21.5 Å². The van der Waals surface area contributed by atoms with Crippen LogP contribution in [0.1, 0.15) is 0 Å². The average molecular weight is 283 g/mol. The molecule has 0 N–H and O–H groups in total. The second-order valence-corrected chi connectivity index (χ2v) is 4.58. The number of hydrogen-bond acceptors (Lipinski definition) is 4. The van der Waals surface area contributed by atoms with E-state index in [1.807, 2.05) is 22.7 Å². The highest BCUT2D eigenvalue weighted by molar-refractivity contribution is 5.79. The molecule has 0 aliphatic carbocycles. The van der Waals surface area contributed by atoms with Crippen molar-refractivity contribution in [1.82, 2.24) is 14.4 Å². The van der Waals surface area contributed by atoms with Crippen molar-refractivity contribution in [2.75, 3.05) is 7.11 Å². The molecule has 3 aromatic heterocycles. The minimum Gasteiger partial charge on any atom is -0.497 e. The first kappa shape index (κ1) is 11.9. The molecule has 0 bridgehead atoms. The third-order valence-electron chi connectivity index (χ3n) is 3.29. The summed E-state index contributed by atoms with van der Waals surface area (Å²) in [5, 5.41) is 0. The summed E-state index contributed by atoms with van der Waals surface area (Å²) in [5.41, 5.74) is 2.80. The van der Waals surface area contributed by atoms with Crippen molar-refractivity contribution in [2.45, 2.75) is 0 Å². The number of methoxy groups -OCH3 is 1. The molecule has 5 nitrogen and oxygen atoms in total. The minimum absolute atomic E-state index is 0.376. The Balaban J connectivity index is 1.88. The molecule has 0 aliphatic rings. The van der Waals surface area contributed by atoms with Crippen molar-refractivity contribution in [1.29, 1.82) is 0 Å². The molecule has 104 valence electrons. The second-order valence-electron chi connectivity index (χ2n) is 4.58. The van der Waals surface area contributed by atoms with Crippen molar-refractivity contribution in [3.8, 4) is 17.1 Å². The van der Waals surface area contributed by atoms with E-state index in [1.165, 1.54) is 12.3 Å². The molecule has 0 unspecified atom stereocenters. The van der Waals surface area contributed by atoms with Crippen molar-refractivity contribution in [2.24, 2.45) is 0 Å². The first-order chi connectivity index (χ1) is 10.2. The Kier molecular flexibility index (Phi) is 2.44. The molecule has 3 heterocycles. The van der Waals surface area contributed by atoms with E-state index in [4.69, 9.17) is 9.15 Å². The summed E-state index contributed by atoms with van der Waals surface area (Å²) in [6, 6.07) is 8.50. The van der Waals surface area contributed by atoms with Crippen LogP contribution >= 0.6 is 0 Å². The van der Waals surface area contributed by atoms with E-state index >= 15 is 0 Å². The van der Waals surface area contributed by atoms with Gasteiger partial charge in [-0.1, -0.05) is 0 Å². The standard InChI is InChI=1S/C15H10FN3O2/c1-20-10-3-5-13-14(6-10)21-15-18-12(8-19(13)15)11-4-2-9(16)7-17-11/h2-8H,1H3. The van der Waals surface area contributed by atoms with Gasteiger partial charge in [-0.25, -0.2) is 4.39 Å². The van der Waals surface area contributed by atoms with Crippen LogP contribution < -0.4 is 4.74 Å². The maximum atomic E-state index is 12.9. The number of halogens is 1. The summed E-state index contributed by atoms with van der Waals surface area (Å²) >= 11 is 0. The summed E-state index contributed by atoms with van der Waals surface area (Å²) in [6.07, 6.45) is 2.98. The Morgan fingerprint density at radius 2 is 2.10 bits per heavy atom. The van der Waals surface area contributed by atoms with Crippen LogP contribution in [0.25, 0.3) is 28.3 Å². The first-order valence-corrected chi connectivity index (χ1v) is 6.32. The Morgan fingerprint density at radius 1 is 1.19 bits per heavy atom. The number of fused-ring (bicyclic) bond motifs is 3. The van der Waals surface area contributed by atoms with Crippen LogP contribution in [0.5, 0.6) is 5.75 Å². The van der Waals surface area contributed by atoms with Crippen LogP contribution in [0.15, 0.2) is 47.1 Å². The third-order valence-corrected chi connectivity index (χ3v) is 3.29. The van der Waals surface area contributed by atoms with Gasteiger partial charge in [0.25, 0.3) is 0 Å². The van der Waals surface area contributed by atoms with Gasteiger partial charge in [-0.3, -0.25) is 9.38 Å². The van der Waals surface area contributed by atoms with Gasteiger partial charge in [-0.2, -0.15) is 4.98 Å². The quantitative estimate of drug-likeness (QED) is 0.566. The summed E-state index contributed by atoms with van der Waals surface area (Å²) in [7, 11) is 1.60. The predicted octanol–water partition coefficient (Wildman–Crippen LogP) is 3.29. The molecule has 0 fully saturated rings. The molecule has 4 aromatic rings. The highest BCUT2D eigenvalue weighted by atomic mass is 19.1. The van der Waals surface area contributed by atoms with Crippen LogP contribution in [0.3, 0.4) is 0 Å². The lowest BCUT2D eigenvalue weighted by Crippen LogP contribution is -1.84. The van der Waals surface area contributed by atoms with Gasteiger partial charge in [0, 0.05) is 12.3 Å². The lowest BCUT2D eigenvalue weighted by Gasteiger charge is -1.97. The number of rotatable bonds is 2. The fourth-order valence-electron chi connectivity index (χ4n) is 2.26. The van der Waals surface area contributed by atoms with E-state index in [0.29, 0.717) is 22.8 Å². The zero-order chi connectivity index (χ0) is 14.4. The summed E-state index contributed by atoms with van der Waals surface area (Å²) in [6.45, 7) is 0. The fourth-order valence-corrected chi connectivity index (χ4v) is 2.26. The number of benzene rings is 1. The third kappa shape index (κ3) is 1.84. The highest BCUT2D eigenvalue weighted by Crippen LogP contribution is 2.27. The molecular weight excluding hydrogens is 273 g/mol. The number of imidazole rings is 1. The largest absolute Gasteiger partial charge is 0.497 e. The number of ether oxygens (including phenoxy) is 1. The Labute approximate surface area is 118 Å². The summed E-state index contributed by atoms with van der Waals surface area (Å²) in [4.78, 5) is 8.39. The second kappa shape index (κ2) is 4.31. The molecule has 0 saturated heterocycles. The number of pyridine rings is 1. The van der Waals surface area contributed by atoms with Gasteiger partial charge < -0.3 is 9.15 Å². The molecule has 0 radical (unpaired) electrons. The Hall–Kier alpha value is -2.89. The van der Waals surface area contributed by atoms with Crippen LogP contribution in [0, 0.1) is 5.82 Å². The zero-order valence-corrected chi connectivity index (χ0v) is 11.1. The van der Waals surface area contributed by atoms with Gasteiger partial charge in [-0.15, -0.1) is 0 Å². The van der Waals surface area contributed by atoms with Gasteiger partial charge in [0.15, 0.2) is 5.58 Å². The molecule has 4 rings (SSSR count). The fraction of sp³-hybridized carbons (Fsp3) is 0.0667. The van der Waals surface area contributed by atoms with Crippen molar-refractivity contribution in [3.63, 3.8) is 0 Å². The van der Waals surface area contributed by atoms with Crippen LogP contribution in [0.2, 0.25) is 0 Å². The average Bonchev–Trinajstić information content (AvgIpc) is 3.04. The van der Waals surface area contributed by atoms with Crippen molar-refractivity contribution >= 4 is 16.9 Å². The van der Waals surface area contributed by atoms with Crippen molar-refractivity contribution in [3.05, 3.63) is 48.5 Å². The van der Waals surface area contributed by atoms with E-state index in [0.717, 1.165) is 11.3 Å². The van der Waals surface area contributed by atoms with E-state index in [2.05, 4.69) is 9.97 Å². The number of hydrogen-bond donors (Lipinski definition) is 0. The van der Waals surface area contributed by atoms with Gasteiger partial charge in [0.1, 0.15) is 17.3 Å². The van der Waals surface area contributed by atoms with Gasteiger partial charge in [0.2, 0.25) is 0 Å². The van der Waals surface area contributed by atoms with E-state index in [9.17, 15) is 4.39 Å². The molecular formula is C15H10FN3O2. The molecule has 1 aromatic carbocycles. The van der Waals surface area contributed by atoms with E-state index in [-0.39, 0.29) is 5.82 Å². The molecule has 0 atom stereocenters. The SMILES string of the molecule is COc1ccc2c(c1)oc1nc(-c3ccc(F)cn3)cn12. The lowest BCUT2D eigenvalue weighted by molar-refractivity contribution is 0.414. The van der Waals surface area contributed by atoms with Crippen molar-refractivity contribution < 1.29 is 13.5 Å². The monoisotopic (exact) mass is 283 g/mol. The number of oxazole rings is 1. The summed E-state index contributed by atoms with van der Waals surface area (Å²) < 4.78 is 25.6. The first-order valence-electron chi connectivity index (χ1n) is 6.32. The predicted molar refractivity (Wildman–Crippen MR) is 74.7 cm³/mol. The van der Waals surface area contributed by atoms with Gasteiger partial charge >= 0.3 is 5.84 Å². The van der Waals surface area contributed by atoms with Crippen LogP contribution in [-0.2, 0) is 0 Å². The minimum atomic E-state index is -0.376. The number of nitrogens with zero attached hydrogens (tertiary/aromatic N) is 3. The Morgan fingerprint density at radius 3 is 2.86 bits per heavy atom. The van der Waals surface area contributed by atoms with E-state index in [1.54, 1.807) is 19.2 Å². The summed E-state index contributed by atoms with van der Waals surface area (Å²) in [5.74, 6) is 0.804. The van der Waals surface area contributed by atoms with Crippen LogP contribution in [0.4, 0.5) is 4.39 Å². The molecule has 0 amide bonds. The molecule has 0 aliphatic heterocycles. The smallest absolute Gasteiger partial charge is 0.307 e. The highest BCUT2D eigenvalue weighted by Gasteiger charge is 2.13. The van der Waals surface area contributed by atoms with Gasteiger partial charge in [-0.05, 0) is 24.3 Å². The van der Waals surface area contributed by atoms with Gasteiger partial charge in [0.05, 0.1) is 24.5 Å². The Bertz CT molecular complexity index is 941. The number of aromatic nitrogens is 3. The van der Waals surface area contributed by atoms with E-state index < -0.39 is 0 Å². The maximum absolute atomic E-state index is 12.9. The maximum Gasteiger partial charge on any atom is 0.307 e. The molecule has 0 saturated carbocycles.